The molecule has 0 amide bonds. The third kappa shape index (κ3) is 3.61. The lowest BCUT2D eigenvalue weighted by Gasteiger charge is -2.27. The zero-order valence-corrected chi connectivity index (χ0v) is 10.0. The third-order valence-corrected chi connectivity index (χ3v) is 2.22. The van der Waals surface area contributed by atoms with Crippen LogP contribution in [0, 0.1) is 5.41 Å². The number of rotatable bonds is 1. The second kappa shape index (κ2) is 4.73. The number of hydrogen-bond donors (Lipinski definition) is 3. The van der Waals surface area contributed by atoms with E-state index in [0.717, 1.165) is 5.56 Å². The number of phenols is 2. The Labute approximate surface area is 96.3 Å². The van der Waals surface area contributed by atoms with Crippen molar-refractivity contribution in [1.29, 1.82) is 0 Å². The number of halogens is 1. The number of benzene rings is 1. The van der Waals surface area contributed by atoms with E-state index in [9.17, 15) is 10.2 Å². The van der Waals surface area contributed by atoms with Gasteiger partial charge in [0.25, 0.3) is 0 Å². The monoisotopic (exact) mass is 231 g/mol. The minimum atomic E-state index is -0.208. The number of nitrogens with two attached hydrogens (primary N) is 1. The molecular formula is C11H18ClNO2. The van der Waals surface area contributed by atoms with Gasteiger partial charge in [-0.2, -0.15) is 0 Å². The second-order valence-electron chi connectivity index (χ2n) is 4.63. The van der Waals surface area contributed by atoms with Crippen LogP contribution in [0.4, 0.5) is 0 Å². The Morgan fingerprint density at radius 3 is 1.80 bits per heavy atom. The molecule has 15 heavy (non-hydrogen) atoms. The molecule has 0 heterocycles. The summed E-state index contributed by atoms with van der Waals surface area (Å²) in [4.78, 5) is 0. The van der Waals surface area contributed by atoms with E-state index in [1.807, 2.05) is 20.8 Å². The van der Waals surface area contributed by atoms with Crippen molar-refractivity contribution in [2.45, 2.75) is 26.8 Å². The van der Waals surface area contributed by atoms with Crippen LogP contribution in [0.5, 0.6) is 11.5 Å². The molecule has 4 heteroatoms. The maximum absolute atomic E-state index is 9.29. The first-order valence-electron chi connectivity index (χ1n) is 4.59. The number of phenolic OH excluding ortho intramolecular Hbond substituents is 2. The van der Waals surface area contributed by atoms with E-state index in [1.165, 1.54) is 6.07 Å². The van der Waals surface area contributed by atoms with Crippen LogP contribution in [0.3, 0.4) is 0 Å². The van der Waals surface area contributed by atoms with E-state index in [-0.39, 0.29) is 35.4 Å². The fourth-order valence-corrected chi connectivity index (χ4v) is 1.30. The average molecular weight is 232 g/mol. The molecule has 0 aliphatic rings. The molecule has 3 nitrogen and oxygen atoms in total. The van der Waals surface area contributed by atoms with E-state index in [4.69, 9.17) is 5.73 Å². The molecule has 86 valence electrons. The summed E-state index contributed by atoms with van der Waals surface area (Å²) in [5.41, 5.74) is 6.64. The van der Waals surface area contributed by atoms with Crippen LogP contribution in [0.25, 0.3) is 0 Å². The summed E-state index contributed by atoms with van der Waals surface area (Å²) in [6, 6.07) is 4.24. The molecule has 0 radical (unpaired) electrons. The van der Waals surface area contributed by atoms with Crippen molar-refractivity contribution >= 4 is 12.4 Å². The van der Waals surface area contributed by atoms with Crippen molar-refractivity contribution in [2.24, 2.45) is 11.1 Å². The highest BCUT2D eigenvalue weighted by atomic mass is 35.5. The number of aromatic hydroxyl groups is 2. The zero-order valence-electron chi connectivity index (χ0n) is 9.19. The molecule has 1 rings (SSSR count). The van der Waals surface area contributed by atoms with Gasteiger partial charge in [-0.15, -0.1) is 12.4 Å². The van der Waals surface area contributed by atoms with Crippen LogP contribution in [-0.2, 0) is 0 Å². The van der Waals surface area contributed by atoms with E-state index in [2.05, 4.69) is 0 Å². The minimum absolute atomic E-state index is 0. The van der Waals surface area contributed by atoms with Gasteiger partial charge in [0.2, 0.25) is 0 Å². The minimum Gasteiger partial charge on any atom is -0.508 e. The van der Waals surface area contributed by atoms with Crippen molar-refractivity contribution in [3.05, 3.63) is 23.8 Å². The van der Waals surface area contributed by atoms with Crippen molar-refractivity contribution in [3.63, 3.8) is 0 Å². The van der Waals surface area contributed by atoms with Crippen LogP contribution >= 0.6 is 12.4 Å². The summed E-state index contributed by atoms with van der Waals surface area (Å²) >= 11 is 0. The van der Waals surface area contributed by atoms with Gasteiger partial charge >= 0.3 is 0 Å². The van der Waals surface area contributed by atoms with Gasteiger partial charge in [0.1, 0.15) is 11.5 Å². The maximum atomic E-state index is 9.29. The smallest absolute Gasteiger partial charge is 0.119 e. The van der Waals surface area contributed by atoms with Crippen LogP contribution in [0.1, 0.15) is 32.4 Å². The molecule has 0 aliphatic heterocycles. The van der Waals surface area contributed by atoms with E-state index in [0.29, 0.717) is 0 Å². The highest BCUT2D eigenvalue weighted by Gasteiger charge is 2.22. The molecule has 4 N–H and O–H groups in total. The molecule has 0 aliphatic carbocycles. The predicted molar refractivity (Wildman–Crippen MR) is 63.4 cm³/mol. The van der Waals surface area contributed by atoms with Crippen molar-refractivity contribution in [3.8, 4) is 11.5 Å². The largest absolute Gasteiger partial charge is 0.508 e. The number of hydrogen-bond acceptors (Lipinski definition) is 3. The fraction of sp³-hybridized carbons (Fsp3) is 0.455. The molecular weight excluding hydrogens is 214 g/mol. The van der Waals surface area contributed by atoms with Crippen LogP contribution in [0.2, 0.25) is 0 Å². The van der Waals surface area contributed by atoms with Crippen LogP contribution in [0.15, 0.2) is 18.2 Å². The lowest BCUT2D eigenvalue weighted by Crippen LogP contribution is -2.26. The van der Waals surface area contributed by atoms with Crippen molar-refractivity contribution < 1.29 is 10.2 Å². The SMILES string of the molecule is CC(C)(C)[C@@H](N)c1cc(O)cc(O)c1.Cl. The summed E-state index contributed by atoms with van der Waals surface area (Å²) in [5.74, 6) is 0.0828. The van der Waals surface area contributed by atoms with Gasteiger partial charge in [-0.25, -0.2) is 0 Å². The molecule has 0 aromatic heterocycles. The summed E-state index contributed by atoms with van der Waals surface area (Å²) in [5, 5.41) is 18.6. The van der Waals surface area contributed by atoms with Crippen LogP contribution in [-0.4, -0.2) is 10.2 Å². The molecule has 1 aromatic carbocycles. The van der Waals surface area contributed by atoms with Gasteiger partial charge in [-0.3, -0.25) is 0 Å². The fourth-order valence-electron chi connectivity index (χ4n) is 1.30. The first kappa shape index (κ1) is 14.1. The zero-order chi connectivity index (χ0) is 10.9. The van der Waals surface area contributed by atoms with E-state index < -0.39 is 0 Å². The topological polar surface area (TPSA) is 66.5 Å². The third-order valence-electron chi connectivity index (χ3n) is 2.22. The predicted octanol–water partition coefficient (Wildman–Crippen LogP) is 2.57. The van der Waals surface area contributed by atoms with E-state index >= 15 is 0 Å². The summed E-state index contributed by atoms with van der Waals surface area (Å²) in [6.45, 7) is 6.04. The average Bonchev–Trinajstić information content (AvgIpc) is 1.99. The molecule has 0 unspecified atom stereocenters. The summed E-state index contributed by atoms with van der Waals surface area (Å²) in [6.07, 6.45) is 0. The van der Waals surface area contributed by atoms with Crippen LogP contribution < -0.4 is 5.73 Å². The quantitative estimate of drug-likeness (QED) is 0.696. The highest BCUT2D eigenvalue weighted by Crippen LogP contribution is 2.33. The summed E-state index contributed by atoms with van der Waals surface area (Å²) in [7, 11) is 0. The molecule has 0 fully saturated rings. The first-order chi connectivity index (χ1) is 6.30. The Morgan fingerprint density at radius 2 is 1.47 bits per heavy atom. The van der Waals surface area contributed by atoms with Gasteiger partial charge in [0.05, 0.1) is 0 Å². The van der Waals surface area contributed by atoms with Crippen molar-refractivity contribution in [1.82, 2.24) is 0 Å². The lowest BCUT2D eigenvalue weighted by molar-refractivity contribution is 0.325. The first-order valence-corrected chi connectivity index (χ1v) is 4.59. The summed E-state index contributed by atoms with van der Waals surface area (Å²) < 4.78 is 0. The Kier molecular flexibility index (Phi) is 4.43. The molecule has 0 saturated heterocycles. The van der Waals surface area contributed by atoms with Gasteiger partial charge in [0.15, 0.2) is 0 Å². The van der Waals surface area contributed by atoms with Gasteiger partial charge < -0.3 is 15.9 Å². The Morgan fingerprint density at radius 1 is 1.07 bits per heavy atom. The Balaban J connectivity index is 0.00000196. The normalized spacial score (nSPS) is 13.1. The molecule has 1 atom stereocenters. The molecule has 0 spiro atoms. The maximum Gasteiger partial charge on any atom is 0.119 e. The van der Waals surface area contributed by atoms with Gasteiger partial charge in [-0.05, 0) is 23.1 Å². The highest BCUT2D eigenvalue weighted by molar-refractivity contribution is 5.85. The van der Waals surface area contributed by atoms with E-state index in [1.54, 1.807) is 12.1 Å². The standard InChI is InChI=1S/C11H17NO2.ClH/c1-11(2,3)10(12)7-4-8(13)6-9(14)5-7;/h4-6,10,13-14H,12H2,1-3H3;1H/t10-;/m0./s1. The van der Waals surface area contributed by atoms with Gasteiger partial charge in [0, 0.05) is 12.1 Å². The molecule has 1 aromatic rings. The second-order valence-corrected chi connectivity index (χ2v) is 4.63. The molecule has 0 bridgehead atoms. The molecule has 0 saturated carbocycles. The van der Waals surface area contributed by atoms with Gasteiger partial charge in [-0.1, -0.05) is 20.8 Å². The Bertz CT molecular complexity index is 314. The lowest BCUT2D eigenvalue weighted by atomic mass is 9.83. The Hall–Kier alpha value is -0.930. The van der Waals surface area contributed by atoms with Crippen molar-refractivity contribution in [2.75, 3.05) is 0 Å².